The molecule has 4 heteroatoms. The van der Waals surface area contributed by atoms with E-state index < -0.39 is 11.9 Å². The highest BCUT2D eigenvalue weighted by Crippen LogP contribution is 2.13. The van der Waals surface area contributed by atoms with Gasteiger partial charge in [0.2, 0.25) is 0 Å². The van der Waals surface area contributed by atoms with E-state index >= 15 is 0 Å². The monoisotopic (exact) mass is 214 g/mol. The van der Waals surface area contributed by atoms with E-state index in [1.165, 1.54) is 0 Å². The van der Waals surface area contributed by atoms with Gasteiger partial charge < -0.3 is 10.2 Å². The van der Waals surface area contributed by atoms with E-state index in [4.69, 9.17) is 10.2 Å². The van der Waals surface area contributed by atoms with Crippen molar-refractivity contribution in [2.45, 2.75) is 46.0 Å². The van der Waals surface area contributed by atoms with Crippen LogP contribution in [0.4, 0.5) is 0 Å². The summed E-state index contributed by atoms with van der Waals surface area (Å²) >= 11 is 0. The molecular weight excluding hydrogens is 196 g/mol. The van der Waals surface area contributed by atoms with Gasteiger partial charge in [0, 0.05) is 12.0 Å². The van der Waals surface area contributed by atoms with Crippen LogP contribution in [-0.4, -0.2) is 22.2 Å². The Morgan fingerprint density at radius 3 is 1.93 bits per heavy atom. The second kappa shape index (κ2) is 7.04. The SMILES string of the molecule is CC(CCCCCC(=O)O)=C(C)C(=O)O. The molecule has 0 aromatic carbocycles. The highest BCUT2D eigenvalue weighted by molar-refractivity contribution is 5.86. The molecule has 0 saturated heterocycles. The number of unbranched alkanes of at least 4 members (excludes halogenated alkanes) is 2. The van der Waals surface area contributed by atoms with Gasteiger partial charge in [-0.3, -0.25) is 4.79 Å². The zero-order chi connectivity index (χ0) is 11.8. The Labute approximate surface area is 89.6 Å². The molecule has 0 fully saturated rings. The molecule has 0 bridgehead atoms. The summed E-state index contributed by atoms with van der Waals surface area (Å²) in [6.07, 6.45) is 3.27. The summed E-state index contributed by atoms with van der Waals surface area (Å²) in [5, 5.41) is 17.1. The predicted molar refractivity (Wildman–Crippen MR) is 56.7 cm³/mol. The first-order chi connectivity index (χ1) is 6.95. The van der Waals surface area contributed by atoms with E-state index in [1.807, 2.05) is 0 Å². The third kappa shape index (κ3) is 6.71. The Balaban J connectivity index is 3.73. The lowest BCUT2D eigenvalue weighted by Gasteiger charge is -2.03. The van der Waals surface area contributed by atoms with Crippen LogP contribution >= 0.6 is 0 Å². The molecule has 0 heterocycles. The molecule has 0 aromatic heterocycles. The molecule has 2 N–H and O–H groups in total. The summed E-state index contributed by atoms with van der Waals surface area (Å²) < 4.78 is 0. The zero-order valence-corrected chi connectivity index (χ0v) is 9.25. The largest absolute Gasteiger partial charge is 0.481 e. The molecule has 0 aromatic rings. The van der Waals surface area contributed by atoms with Crippen LogP contribution in [0, 0.1) is 0 Å². The number of carbonyl (C=O) groups is 2. The lowest BCUT2D eigenvalue weighted by Crippen LogP contribution is -1.99. The third-order valence-electron chi connectivity index (χ3n) is 2.40. The minimum atomic E-state index is -0.877. The zero-order valence-electron chi connectivity index (χ0n) is 9.25. The summed E-state index contributed by atoms with van der Waals surface area (Å²) in [7, 11) is 0. The third-order valence-corrected chi connectivity index (χ3v) is 2.40. The van der Waals surface area contributed by atoms with Gasteiger partial charge in [0.05, 0.1) is 0 Å². The summed E-state index contributed by atoms with van der Waals surface area (Å²) in [6.45, 7) is 3.40. The molecule has 0 amide bonds. The molecule has 0 radical (unpaired) electrons. The molecule has 15 heavy (non-hydrogen) atoms. The summed E-state index contributed by atoms with van der Waals surface area (Å²) in [5.41, 5.74) is 1.27. The molecule has 0 atom stereocenters. The van der Waals surface area contributed by atoms with Gasteiger partial charge in [-0.15, -0.1) is 0 Å². The molecular formula is C11H18O4. The van der Waals surface area contributed by atoms with Gasteiger partial charge in [0.25, 0.3) is 0 Å². The fourth-order valence-corrected chi connectivity index (χ4v) is 1.21. The molecule has 4 nitrogen and oxygen atoms in total. The van der Waals surface area contributed by atoms with Gasteiger partial charge in [0.15, 0.2) is 0 Å². The van der Waals surface area contributed by atoms with Gasteiger partial charge in [-0.1, -0.05) is 12.0 Å². The van der Waals surface area contributed by atoms with Gasteiger partial charge in [-0.25, -0.2) is 4.79 Å². The highest BCUT2D eigenvalue weighted by atomic mass is 16.4. The van der Waals surface area contributed by atoms with Gasteiger partial charge in [-0.05, 0) is 33.1 Å². The number of rotatable bonds is 7. The number of aliphatic carboxylic acids is 2. The number of carboxylic acids is 2. The predicted octanol–water partition coefficient (Wildman–Crippen LogP) is 2.44. The average molecular weight is 214 g/mol. The van der Waals surface area contributed by atoms with Crippen molar-refractivity contribution in [1.82, 2.24) is 0 Å². The number of allylic oxidation sites excluding steroid dienone is 1. The summed E-state index contributed by atoms with van der Waals surface area (Å²) in [4.78, 5) is 20.8. The Hall–Kier alpha value is -1.32. The van der Waals surface area contributed by atoms with Crippen molar-refractivity contribution in [3.63, 3.8) is 0 Å². The normalized spacial score (nSPS) is 12.1. The van der Waals surface area contributed by atoms with Crippen LogP contribution in [0.25, 0.3) is 0 Å². The van der Waals surface area contributed by atoms with Crippen LogP contribution in [0.2, 0.25) is 0 Å². The number of carboxylic acid groups (broad SMARTS) is 2. The highest BCUT2D eigenvalue weighted by Gasteiger charge is 2.04. The first-order valence-corrected chi connectivity index (χ1v) is 5.06. The lowest BCUT2D eigenvalue weighted by atomic mass is 10.0. The lowest BCUT2D eigenvalue weighted by molar-refractivity contribution is -0.137. The van der Waals surface area contributed by atoms with Crippen molar-refractivity contribution in [2.24, 2.45) is 0 Å². The van der Waals surface area contributed by atoms with Crippen LogP contribution in [0.3, 0.4) is 0 Å². The minimum Gasteiger partial charge on any atom is -0.481 e. The van der Waals surface area contributed by atoms with Crippen molar-refractivity contribution in [3.05, 3.63) is 11.1 Å². The molecule has 0 rings (SSSR count). The smallest absolute Gasteiger partial charge is 0.331 e. The van der Waals surface area contributed by atoms with Crippen LogP contribution in [0.15, 0.2) is 11.1 Å². The Bertz CT molecular complexity index is 266. The van der Waals surface area contributed by atoms with Gasteiger partial charge in [0.1, 0.15) is 0 Å². The Kier molecular flexibility index (Phi) is 6.42. The summed E-state index contributed by atoms with van der Waals surface area (Å²) in [5.74, 6) is -1.65. The van der Waals surface area contributed by atoms with E-state index in [0.29, 0.717) is 12.0 Å². The molecule has 0 aliphatic carbocycles. The van der Waals surface area contributed by atoms with Gasteiger partial charge >= 0.3 is 11.9 Å². The molecule has 0 aliphatic heterocycles. The van der Waals surface area contributed by atoms with Crippen molar-refractivity contribution in [3.8, 4) is 0 Å². The van der Waals surface area contributed by atoms with E-state index in [0.717, 1.165) is 24.8 Å². The fraction of sp³-hybridized carbons (Fsp3) is 0.636. The molecule has 0 spiro atoms. The van der Waals surface area contributed by atoms with Crippen LogP contribution < -0.4 is 0 Å². The maximum Gasteiger partial charge on any atom is 0.331 e. The molecule has 0 aliphatic rings. The first-order valence-electron chi connectivity index (χ1n) is 5.06. The first kappa shape index (κ1) is 13.7. The van der Waals surface area contributed by atoms with Crippen LogP contribution in [0.5, 0.6) is 0 Å². The Morgan fingerprint density at radius 2 is 1.47 bits per heavy atom. The topological polar surface area (TPSA) is 74.6 Å². The standard InChI is InChI=1S/C11H18O4/c1-8(9(2)11(14)15)6-4-3-5-7-10(12)13/h3-7H2,1-2H3,(H,12,13)(H,14,15). The van der Waals surface area contributed by atoms with E-state index in [9.17, 15) is 9.59 Å². The number of hydrogen-bond acceptors (Lipinski definition) is 2. The summed E-state index contributed by atoms with van der Waals surface area (Å²) in [6, 6.07) is 0. The molecule has 0 unspecified atom stereocenters. The van der Waals surface area contributed by atoms with Gasteiger partial charge in [-0.2, -0.15) is 0 Å². The molecule has 0 saturated carbocycles. The minimum absolute atomic E-state index is 0.195. The quantitative estimate of drug-likeness (QED) is 0.504. The van der Waals surface area contributed by atoms with Crippen LogP contribution in [0.1, 0.15) is 46.0 Å². The van der Waals surface area contributed by atoms with Crippen molar-refractivity contribution >= 4 is 11.9 Å². The second-order valence-corrected chi connectivity index (χ2v) is 3.66. The average Bonchev–Trinajstić information content (AvgIpc) is 2.15. The Morgan fingerprint density at radius 1 is 0.933 bits per heavy atom. The maximum atomic E-state index is 10.6. The second-order valence-electron chi connectivity index (χ2n) is 3.66. The van der Waals surface area contributed by atoms with E-state index in [2.05, 4.69) is 0 Å². The van der Waals surface area contributed by atoms with E-state index in [-0.39, 0.29) is 6.42 Å². The molecule has 86 valence electrons. The van der Waals surface area contributed by atoms with Crippen molar-refractivity contribution in [1.29, 1.82) is 0 Å². The number of hydrogen-bond donors (Lipinski definition) is 2. The maximum absolute atomic E-state index is 10.6. The van der Waals surface area contributed by atoms with Crippen molar-refractivity contribution < 1.29 is 19.8 Å². The fourth-order valence-electron chi connectivity index (χ4n) is 1.21. The van der Waals surface area contributed by atoms with Crippen LogP contribution in [-0.2, 0) is 9.59 Å². The van der Waals surface area contributed by atoms with E-state index in [1.54, 1.807) is 13.8 Å². The van der Waals surface area contributed by atoms with Crippen molar-refractivity contribution in [2.75, 3.05) is 0 Å².